The van der Waals surface area contributed by atoms with Crippen molar-refractivity contribution in [2.45, 2.75) is 18.9 Å². The molecule has 1 aromatic heterocycles. The maximum atomic E-state index is 13.6. The van der Waals surface area contributed by atoms with Crippen LogP contribution in [0.1, 0.15) is 23.1 Å². The molecule has 0 radical (unpaired) electrons. The van der Waals surface area contributed by atoms with Crippen LogP contribution in [-0.4, -0.2) is 9.67 Å². The Labute approximate surface area is 140 Å². The van der Waals surface area contributed by atoms with Gasteiger partial charge in [0.05, 0.1) is 5.56 Å². The van der Waals surface area contributed by atoms with Gasteiger partial charge in [0.25, 0.3) is 5.56 Å². The lowest BCUT2D eigenvalue weighted by Crippen LogP contribution is -2.36. The van der Waals surface area contributed by atoms with Crippen LogP contribution in [0.25, 0.3) is 0 Å². The Morgan fingerprint density at radius 2 is 1.87 bits per heavy atom. The van der Waals surface area contributed by atoms with Gasteiger partial charge in [-0.3, -0.25) is 4.79 Å². The Kier molecular flexibility index (Phi) is 5.03. The second kappa shape index (κ2) is 6.65. The number of pyridine rings is 1. The number of aliphatic hydroxyl groups is 1. The van der Waals surface area contributed by atoms with E-state index in [2.05, 4.69) is 26.7 Å². The van der Waals surface area contributed by atoms with Gasteiger partial charge in [-0.1, -0.05) is 5.92 Å². The van der Waals surface area contributed by atoms with E-state index in [4.69, 9.17) is 0 Å². The molecular weight excluding hydrogens is 368 g/mol. The molecule has 1 atom stereocenters. The van der Waals surface area contributed by atoms with Gasteiger partial charge in [0.15, 0.2) is 0 Å². The van der Waals surface area contributed by atoms with E-state index in [0.717, 1.165) is 17.7 Å². The Bertz CT molecular complexity index is 847. The lowest BCUT2D eigenvalue weighted by atomic mass is 9.84. The molecule has 6 heteroatoms. The summed E-state index contributed by atoms with van der Waals surface area (Å²) in [6.07, 6.45) is 1.41. The fourth-order valence-corrected chi connectivity index (χ4v) is 2.62. The predicted octanol–water partition coefficient (Wildman–Crippen LogP) is 2.95. The van der Waals surface area contributed by atoms with Crippen molar-refractivity contribution in [2.75, 3.05) is 0 Å². The molecule has 0 amide bonds. The van der Waals surface area contributed by atoms with Gasteiger partial charge in [-0.05, 0) is 41.1 Å². The molecule has 0 spiro atoms. The fraction of sp³-hybridized carbons (Fsp3) is 0.235. The molecule has 0 bridgehead atoms. The Morgan fingerprint density at radius 1 is 1.26 bits per heavy atom. The van der Waals surface area contributed by atoms with Crippen molar-refractivity contribution in [3.8, 4) is 10.8 Å². The molecule has 1 heterocycles. The first-order chi connectivity index (χ1) is 10.8. The van der Waals surface area contributed by atoms with E-state index < -0.39 is 22.8 Å². The van der Waals surface area contributed by atoms with Crippen LogP contribution in [0.4, 0.5) is 8.78 Å². The summed E-state index contributed by atoms with van der Waals surface area (Å²) in [5.74, 6) is 0.938. The number of aryl methyl sites for hydroxylation is 2. The topological polar surface area (TPSA) is 42.2 Å². The van der Waals surface area contributed by atoms with Crippen molar-refractivity contribution in [3.05, 3.63) is 69.1 Å². The van der Waals surface area contributed by atoms with E-state index in [1.54, 1.807) is 20.2 Å². The molecule has 2 aromatic rings. The largest absolute Gasteiger partial charge is 0.379 e. The van der Waals surface area contributed by atoms with Crippen LogP contribution in [0.15, 0.2) is 35.3 Å². The lowest BCUT2D eigenvalue weighted by Gasteiger charge is -2.27. The molecule has 2 rings (SSSR count). The third-order valence-electron chi connectivity index (χ3n) is 3.52. The van der Waals surface area contributed by atoms with Gasteiger partial charge < -0.3 is 9.67 Å². The highest BCUT2D eigenvalue weighted by molar-refractivity contribution is 9.12. The number of aromatic nitrogens is 1. The predicted molar refractivity (Wildman–Crippen MR) is 87.1 cm³/mol. The molecule has 0 aliphatic rings. The highest BCUT2D eigenvalue weighted by Crippen LogP contribution is 2.32. The zero-order valence-corrected chi connectivity index (χ0v) is 14.1. The van der Waals surface area contributed by atoms with Crippen LogP contribution in [0.2, 0.25) is 0 Å². The molecule has 1 unspecified atom stereocenters. The minimum Gasteiger partial charge on any atom is -0.379 e. The molecule has 1 N–H and O–H groups in total. The van der Waals surface area contributed by atoms with Crippen LogP contribution in [0.5, 0.6) is 0 Å². The average Bonchev–Trinajstić information content (AvgIpc) is 2.47. The van der Waals surface area contributed by atoms with Crippen LogP contribution in [0, 0.1) is 29.3 Å². The van der Waals surface area contributed by atoms with E-state index >= 15 is 0 Å². The maximum absolute atomic E-state index is 13.6. The van der Waals surface area contributed by atoms with Crippen LogP contribution < -0.4 is 5.56 Å². The summed E-state index contributed by atoms with van der Waals surface area (Å²) in [7, 11) is 1.54. The van der Waals surface area contributed by atoms with Crippen LogP contribution in [0.3, 0.4) is 0 Å². The van der Waals surface area contributed by atoms with E-state index in [1.807, 2.05) is 0 Å². The van der Waals surface area contributed by atoms with Crippen molar-refractivity contribution < 1.29 is 13.9 Å². The minimum absolute atomic E-state index is 0.0141. The van der Waals surface area contributed by atoms with Crippen molar-refractivity contribution in [3.63, 3.8) is 0 Å². The van der Waals surface area contributed by atoms with Gasteiger partial charge in [-0.15, -0.1) is 0 Å². The third-order valence-corrected chi connectivity index (χ3v) is 3.80. The Hall–Kier alpha value is -1.97. The molecule has 23 heavy (non-hydrogen) atoms. The quantitative estimate of drug-likeness (QED) is 0.830. The smallest absolute Gasteiger partial charge is 0.256 e. The summed E-state index contributed by atoms with van der Waals surface area (Å²) in [5, 5.41) is 11.1. The van der Waals surface area contributed by atoms with E-state index in [1.165, 1.54) is 10.6 Å². The fourth-order valence-electron chi connectivity index (χ4n) is 2.48. The number of hydrogen-bond acceptors (Lipinski definition) is 2. The zero-order valence-electron chi connectivity index (χ0n) is 12.5. The number of nitrogens with zero attached hydrogens (tertiary/aromatic N) is 1. The normalized spacial score (nSPS) is 13.1. The van der Waals surface area contributed by atoms with Crippen LogP contribution in [-0.2, 0) is 12.6 Å². The highest BCUT2D eigenvalue weighted by Gasteiger charge is 2.35. The van der Waals surface area contributed by atoms with Crippen molar-refractivity contribution in [1.29, 1.82) is 0 Å². The highest BCUT2D eigenvalue weighted by atomic mass is 79.9. The number of halogens is 3. The number of rotatable bonds is 3. The van der Waals surface area contributed by atoms with Gasteiger partial charge in [-0.2, -0.15) is 0 Å². The van der Waals surface area contributed by atoms with Crippen molar-refractivity contribution >= 4 is 15.9 Å². The van der Waals surface area contributed by atoms with Crippen molar-refractivity contribution in [2.24, 2.45) is 7.05 Å². The Balaban J connectivity index is 2.78. The van der Waals surface area contributed by atoms with Gasteiger partial charge >= 0.3 is 0 Å². The summed E-state index contributed by atoms with van der Waals surface area (Å²) in [5.41, 5.74) is -1.71. The lowest BCUT2D eigenvalue weighted by molar-refractivity contribution is 0.0837. The zero-order chi connectivity index (χ0) is 17.2. The summed E-state index contributed by atoms with van der Waals surface area (Å²) in [6, 6.07) is 4.21. The SMILES string of the molecule is Cc1cc(C(O)(CC#CBr)c2cc(F)cc(F)c2)c(=O)n(C)c1. The van der Waals surface area contributed by atoms with E-state index in [9.17, 15) is 18.7 Å². The molecule has 0 aliphatic heterocycles. The second-order valence-corrected chi connectivity index (χ2v) is 5.71. The minimum atomic E-state index is -1.93. The van der Waals surface area contributed by atoms with Gasteiger partial charge in [0.1, 0.15) is 17.2 Å². The molecule has 120 valence electrons. The van der Waals surface area contributed by atoms with E-state index in [-0.39, 0.29) is 17.5 Å². The third kappa shape index (κ3) is 3.52. The molecule has 0 aliphatic carbocycles. The number of hydrogen-bond donors (Lipinski definition) is 1. The first-order valence-corrected chi connectivity index (χ1v) is 7.52. The molecule has 3 nitrogen and oxygen atoms in total. The molecule has 1 aromatic carbocycles. The molecular formula is C17H14BrF2NO2. The first-order valence-electron chi connectivity index (χ1n) is 6.73. The molecule has 0 fully saturated rings. The Morgan fingerprint density at radius 3 is 2.43 bits per heavy atom. The first kappa shape index (κ1) is 17.4. The summed E-state index contributed by atoms with van der Waals surface area (Å²) < 4.78 is 28.5. The van der Waals surface area contributed by atoms with Gasteiger partial charge in [-0.25, -0.2) is 8.78 Å². The van der Waals surface area contributed by atoms with E-state index in [0.29, 0.717) is 6.07 Å². The van der Waals surface area contributed by atoms with Crippen LogP contribution >= 0.6 is 15.9 Å². The molecule has 0 saturated heterocycles. The molecule has 0 saturated carbocycles. The monoisotopic (exact) mass is 381 g/mol. The van der Waals surface area contributed by atoms with Gasteiger partial charge in [0, 0.05) is 41.7 Å². The second-order valence-electron chi connectivity index (χ2n) is 5.31. The summed E-state index contributed by atoms with van der Waals surface area (Å²) >= 11 is 2.92. The summed E-state index contributed by atoms with van der Waals surface area (Å²) in [6.45, 7) is 1.76. The van der Waals surface area contributed by atoms with Crippen molar-refractivity contribution in [1.82, 2.24) is 4.57 Å². The number of benzene rings is 1. The average molecular weight is 382 g/mol. The van der Waals surface area contributed by atoms with Gasteiger partial charge in [0.2, 0.25) is 0 Å². The summed E-state index contributed by atoms with van der Waals surface area (Å²) in [4.78, 5) is 14.9. The standard InChI is InChI=1S/C17H14BrF2NO2/c1-11-6-15(16(22)21(2)10-11)17(23,4-3-5-18)12-7-13(19)9-14(20)8-12/h6-10,23H,4H2,1-2H3. The maximum Gasteiger partial charge on any atom is 0.256 e.